The van der Waals surface area contributed by atoms with Crippen LogP contribution in [0.2, 0.25) is 10.0 Å². The van der Waals surface area contributed by atoms with E-state index >= 15 is 0 Å². The minimum absolute atomic E-state index is 0.0241. The maximum atomic E-state index is 11.8. The predicted octanol–water partition coefficient (Wildman–Crippen LogP) is 1.98. The highest BCUT2D eigenvalue weighted by atomic mass is 35.5. The molecule has 98 valence electrons. The van der Waals surface area contributed by atoms with E-state index < -0.39 is 10.8 Å². The number of nitro benzene ring substituents is 1. The van der Waals surface area contributed by atoms with Gasteiger partial charge in [0.1, 0.15) is 0 Å². The topological polar surface area (TPSA) is 98.3 Å². The summed E-state index contributed by atoms with van der Waals surface area (Å²) in [5, 5.41) is 13.2. The molecular weight excluding hydrogens is 281 g/mol. The average Bonchev–Trinajstić information content (AvgIpc) is 2.31. The molecule has 0 bridgehead atoms. The number of carbonyl (C=O) groups excluding carboxylic acids is 1. The highest BCUT2D eigenvalue weighted by Gasteiger charge is 2.20. The van der Waals surface area contributed by atoms with Gasteiger partial charge in [0.05, 0.1) is 20.5 Å². The van der Waals surface area contributed by atoms with Crippen LogP contribution in [-0.4, -0.2) is 23.4 Å². The van der Waals surface area contributed by atoms with Gasteiger partial charge in [-0.1, -0.05) is 23.2 Å². The first-order valence-electron chi connectivity index (χ1n) is 5.01. The standard InChI is InChI=1S/C10H11Cl2N3O3/c1-5(4-13)14-10(16)7-2-6(15(17)18)3-8(11)9(7)12/h2-3,5H,4,13H2,1H3,(H,14,16). The molecule has 0 spiro atoms. The lowest BCUT2D eigenvalue weighted by Gasteiger charge is -2.12. The number of rotatable bonds is 4. The molecule has 0 aliphatic heterocycles. The Kier molecular flexibility index (Phi) is 4.89. The Morgan fingerprint density at radius 3 is 2.67 bits per heavy atom. The summed E-state index contributed by atoms with van der Waals surface area (Å²) in [5.41, 5.74) is 5.02. The second kappa shape index (κ2) is 5.99. The third-order valence-corrected chi connectivity index (χ3v) is 3.00. The molecular formula is C10H11Cl2N3O3. The van der Waals surface area contributed by atoms with Crippen molar-refractivity contribution < 1.29 is 9.72 Å². The number of nitrogens with zero attached hydrogens (tertiary/aromatic N) is 1. The number of amides is 1. The first-order chi connectivity index (χ1) is 8.36. The van der Waals surface area contributed by atoms with Crippen LogP contribution in [-0.2, 0) is 0 Å². The van der Waals surface area contributed by atoms with E-state index in [2.05, 4.69) is 5.32 Å². The molecule has 1 aromatic carbocycles. The van der Waals surface area contributed by atoms with Crippen molar-refractivity contribution in [1.82, 2.24) is 5.32 Å². The van der Waals surface area contributed by atoms with Crippen molar-refractivity contribution in [2.45, 2.75) is 13.0 Å². The number of benzene rings is 1. The van der Waals surface area contributed by atoms with E-state index in [0.717, 1.165) is 12.1 Å². The van der Waals surface area contributed by atoms with Gasteiger partial charge in [0, 0.05) is 24.7 Å². The molecule has 0 aliphatic rings. The molecule has 0 fully saturated rings. The van der Waals surface area contributed by atoms with Gasteiger partial charge >= 0.3 is 0 Å². The molecule has 0 aromatic heterocycles. The van der Waals surface area contributed by atoms with Gasteiger partial charge in [0.2, 0.25) is 0 Å². The fourth-order valence-corrected chi connectivity index (χ4v) is 1.61. The van der Waals surface area contributed by atoms with E-state index in [0.29, 0.717) is 0 Å². The monoisotopic (exact) mass is 291 g/mol. The van der Waals surface area contributed by atoms with Gasteiger partial charge in [-0.05, 0) is 6.92 Å². The molecule has 1 atom stereocenters. The molecule has 6 nitrogen and oxygen atoms in total. The highest BCUT2D eigenvalue weighted by molar-refractivity contribution is 6.44. The highest BCUT2D eigenvalue weighted by Crippen LogP contribution is 2.30. The summed E-state index contributed by atoms with van der Waals surface area (Å²) in [7, 11) is 0. The van der Waals surface area contributed by atoms with Crippen LogP contribution >= 0.6 is 23.2 Å². The van der Waals surface area contributed by atoms with Crippen molar-refractivity contribution in [3.05, 3.63) is 37.9 Å². The fraction of sp³-hybridized carbons (Fsp3) is 0.300. The first kappa shape index (κ1) is 14.7. The third-order valence-electron chi connectivity index (χ3n) is 2.20. The van der Waals surface area contributed by atoms with Crippen LogP contribution in [0.5, 0.6) is 0 Å². The van der Waals surface area contributed by atoms with E-state index in [-0.39, 0.29) is 33.9 Å². The van der Waals surface area contributed by atoms with Crippen molar-refractivity contribution >= 4 is 34.8 Å². The van der Waals surface area contributed by atoms with Gasteiger partial charge in [-0.3, -0.25) is 14.9 Å². The summed E-state index contributed by atoms with van der Waals surface area (Å²) in [6.07, 6.45) is 0. The van der Waals surface area contributed by atoms with E-state index in [1.54, 1.807) is 6.92 Å². The molecule has 1 amide bonds. The normalized spacial score (nSPS) is 12.0. The summed E-state index contributed by atoms with van der Waals surface area (Å²) in [4.78, 5) is 21.9. The van der Waals surface area contributed by atoms with Gasteiger partial charge in [-0.2, -0.15) is 0 Å². The lowest BCUT2D eigenvalue weighted by Crippen LogP contribution is -2.37. The molecule has 1 unspecified atom stereocenters. The fourth-order valence-electron chi connectivity index (χ4n) is 1.21. The Bertz CT molecular complexity index is 494. The number of halogens is 2. The van der Waals surface area contributed by atoms with Crippen molar-refractivity contribution in [3.8, 4) is 0 Å². The Labute approximate surface area is 113 Å². The number of nitrogens with two attached hydrogens (primary N) is 1. The number of non-ortho nitro benzene ring substituents is 1. The molecule has 0 aliphatic carbocycles. The molecule has 1 aromatic rings. The Morgan fingerprint density at radius 1 is 1.56 bits per heavy atom. The lowest BCUT2D eigenvalue weighted by molar-refractivity contribution is -0.384. The van der Waals surface area contributed by atoms with Crippen molar-refractivity contribution in [3.63, 3.8) is 0 Å². The van der Waals surface area contributed by atoms with Crippen LogP contribution < -0.4 is 11.1 Å². The summed E-state index contributed by atoms with van der Waals surface area (Å²) >= 11 is 11.6. The van der Waals surface area contributed by atoms with Gasteiger partial charge < -0.3 is 11.1 Å². The average molecular weight is 292 g/mol. The van der Waals surface area contributed by atoms with Crippen molar-refractivity contribution in [1.29, 1.82) is 0 Å². The molecule has 0 saturated carbocycles. The second-order valence-corrected chi connectivity index (χ2v) is 4.44. The molecule has 3 N–H and O–H groups in total. The molecule has 0 saturated heterocycles. The minimum Gasteiger partial charge on any atom is -0.348 e. The van der Waals surface area contributed by atoms with Crippen LogP contribution in [0.3, 0.4) is 0 Å². The Balaban J connectivity index is 3.14. The lowest BCUT2D eigenvalue weighted by atomic mass is 10.1. The zero-order valence-corrected chi connectivity index (χ0v) is 11.0. The number of carbonyl (C=O) groups is 1. The summed E-state index contributed by atoms with van der Waals surface area (Å²) in [6, 6.07) is 1.89. The smallest absolute Gasteiger partial charge is 0.271 e. The Morgan fingerprint density at radius 2 is 2.17 bits per heavy atom. The maximum Gasteiger partial charge on any atom is 0.271 e. The first-order valence-corrected chi connectivity index (χ1v) is 5.76. The Hall–Kier alpha value is -1.37. The largest absolute Gasteiger partial charge is 0.348 e. The van der Waals surface area contributed by atoms with Gasteiger partial charge in [-0.25, -0.2) is 0 Å². The zero-order chi connectivity index (χ0) is 13.9. The van der Waals surface area contributed by atoms with Crippen LogP contribution in [0.1, 0.15) is 17.3 Å². The SMILES string of the molecule is CC(CN)NC(=O)c1cc([N+](=O)[O-])cc(Cl)c1Cl. The quantitative estimate of drug-likeness (QED) is 0.654. The zero-order valence-electron chi connectivity index (χ0n) is 9.44. The molecule has 1 rings (SSSR count). The third kappa shape index (κ3) is 3.32. The van der Waals surface area contributed by atoms with Crippen LogP contribution in [0.25, 0.3) is 0 Å². The molecule has 18 heavy (non-hydrogen) atoms. The molecule has 0 heterocycles. The van der Waals surface area contributed by atoms with Crippen LogP contribution in [0.15, 0.2) is 12.1 Å². The van der Waals surface area contributed by atoms with E-state index in [9.17, 15) is 14.9 Å². The van der Waals surface area contributed by atoms with Crippen LogP contribution in [0.4, 0.5) is 5.69 Å². The van der Waals surface area contributed by atoms with Gasteiger partial charge in [0.25, 0.3) is 11.6 Å². The second-order valence-electron chi connectivity index (χ2n) is 3.66. The van der Waals surface area contributed by atoms with Gasteiger partial charge in [-0.15, -0.1) is 0 Å². The van der Waals surface area contributed by atoms with Crippen molar-refractivity contribution in [2.75, 3.05) is 6.54 Å². The van der Waals surface area contributed by atoms with E-state index in [1.165, 1.54) is 0 Å². The summed E-state index contributed by atoms with van der Waals surface area (Å²) in [5.74, 6) is -0.552. The van der Waals surface area contributed by atoms with Crippen molar-refractivity contribution in [2.24, 2.45) is 5.73 Å². The molecule has 0 radical (unpaired) electrons. The number of nitrogens with one attached hydrogen (secondary N) is 1. The van der Waals surface area contributed by atoms with E-state index in [4.69, 9.17) is 28.9 Å². The summed E-state index contributed by atoms with van der Waals surface area (Å²) in [6.45, 7) is 1.94. The number of hydrogen-bond donors (Lipinski definition) is 2. The molecule has 8 heteroatoms. The minimum atomic E-state index is -0.647. The van der Waals surface area contributed by atoms with Gasteiger partial charge in [0.15, 0.2) is 0 Å². The summed E-state index contributed by atoms with van der Waals surface area (Å²) < 4.78 is 0. The maximum absolute atomic E-state index is 11.8. The predicted molar refractivity (Wildman–Crippen MR) is 69.1 cm³/mol. The van der Waals surface area contributed by atoms with Crippen LogP contribution in [0, 0.1) is 10.1 Å². The number of hydrogen-bond acceptors (Lipinski definition) is 4. The van der Waals surface area contributed by atoms with E-state index in [1.807, 2.05) is 0 Å². The number of nitro groups is 1.